The zero-order chi connectivity index (χ0) is 20.1. The summed E-state index contributed by atoms with van der Waals surface area (Å²) in [5.41, 5.74) is 1.06. The van der Waals surface area contributed by atoms with E-state index in [1.54, 1.807) is 30.3 Å². The first kappa shape index (κ1) is 20.6. The number of carbonyl (C=O) groups is 1. The fourth-order valence-corrected chi connectivity index (χ4v) is 4.56. The number of benzene rings is 2. The highest BCUT2D eigenvalue weighted by Crippen LogP contribution is 2.26. The van der Waals surface area contributed by atoms with Gasteiger partial charge in [-0.1, -0.05) is 36.6 Å². The molecule has 0 saturated heterocycles. The molecule has 150 valence electrons. The van der Waals surface area contributed by atoms with E-state index >= 15 is 0 Å². The summed E-state index contributed by atoms with van der Waals surface area (Å²) < 4.78 is 33.4. The van der Waals surface area contributed by atoms with Crippen LogP contribution in [-0.4, -0.2) is 27.5 Å². The number of ether oxygens (including phenoxy) is 1. The lowest BCUT2D eigenvalue weighted by Crippen LogP contribution is -2.32. The molecule has 2 N–H and O–H groups in total. The molecule has 0 spiro atoms. The minimum atomic E-state index is -3.88. The Bertz CT molecular complexity index is 939. The Labute approximate surface area is 170 Å². The number of methoxy groups -OCH3 is 1. The molecule has 1 aliphatic carbocycles. The van der Waals surface area contributed by atoms with Gasteiger partial charge in [0.2, 0.25) is 10.0 Å². The van der Waals surface area contributed by atoms with Crippen LogP contribution in [0, 0.1) is 0 Å². The summed E-state index contributed by atoms with van der Waals surface area (Å²) in [6.45, 7) is 0.0984. The molecule has 0 heterocycles. The van der Waals surface area contributed by atoms with Gasteiger partial charge in [0.15, 0.2) is 0 Å². The van der Waals surface area contributed by atoms with Crippen molar-refractivity contribution in [3.8, 4) is 5.75 Å². The third-order valence-electron chi connectivity index (χ3n) is 4.79. The lowest BCUT2D eigenvalue weighted by molar-refractivity contribution is 0.0937. The minimum absolute atomic E-state index is 0.0666. The standard InChI is InChI=1S/C20H23ClN2O4S/c1-27-18-11-8-15(20(24)23-17-4-2-3-5-17)12-19(18)28(25,26)22-13-14-6-9-16(21)10-7-14/h6-12,17,22H,2-5,13H2,1H3,(H,23,24). The average molecular weight is 423 g/mol. The van der Waals surface area contributed by atoms with E-state index in [0.29, 0.717) is 10.6 Å². The molecular formula is C20H23ClN2O4S. The molecular weight excluding hydrogens is 400 g/mol. The second kappa shape index (κ2) is 8.94. The topological polar surface area (TPSA) is 84.5 Å². The second-order valence-corrected chi connectivity index (χ2v) is 8.94. The maximum Gasteiger partial charge on any atom is 0.251 e. The average Bonchev–Trinajstić information content (AvgIpc) is 3.20. The van der Waals surface area contributed by atoms with Crippen molar-refractivity contribution in [2.24, 2.45) is 0 Å². The van der Waals surface area contributed by atoms with E-state index in [1.807, 2.05) is 0 Å². The molecule has 0 aliphatic heterocycles. The number of amides is 1. The van der Waals surface area contributed by atoms with Crippen molar-refractivity contribution in [1.82, 2.24) is 10.0 Å². The van der Waals surface area contributed by atoms with Crippen molar-refractivity contribution in [1.29, 1.82) is 0 Å². The van der Waals surface area contributed by atoms with E-state index in [4.69, 9.17) is 16.3 Å². The quantitative estimate of drug-likeness (QED) is 0.715. The van der Waals surface area contributed by atoms with Crippen LogP contribution in [0.1, 0.15) is 41.6 Å². The van der Waals surface area contributed by atoms with E-state index in [-0.39, 0.29) is 29.1 Å². The molecule has 6 nitrogen and oxygen atoms in total. The number of sulfonamides is 1. The van der Waals surface area contributed by atoms with Gasteiger partial charge in [-0.2, -0.15) is 0 Å². The van der Waals surface area contributed by atoms with Crippen LogP contribution in [0.3, 0.4) is 0 Å². The van der Waals surface area contributed by atoms with E-state index in [9.17, 15) is 13.2 Å². The van der Waals surface area contributed by atoms with Crippen LogP contribution in [0.25, 0.3) is 0 Å². The number of hydrogen-bond acceptors (Lipinski definition) is 4. The highest BCUT2D eigenvalue weighted by Gasteiger charge is 2.23. The molecule has 0 atom stereocenters. The first-order valence-electron chi connectivity index (χ1n) is 9.12. The van der Waals surface area contributed by atoms with Crippen LogP contribution < -0.4 is 14.8 Å². The molecule has 2 aromatic carbocycles. The smallest absolute Gasteiger partial charge is 0.251 e. The first-order valence-corrected chi connectivity index (χ1v) is 11.0. The highest BCUT2D eigenvalue weighted by molar-refractivity contribution is 7.89. The summed E-state index contributed by atoms with van der Waals surface area (Å²) in [5.74, 6) is -0.0928. The molecule has 3 rings (SSSR count). The molecule has 0 radical (unpaired) electrons. The van der Waals surface area contributed by atoms with Crippen molar-refractivity contribution >= 4 is 27.5 Å². The van der Waals surface area contributed by atoms with Gasteiger partial charge < -0.3 is 10.1 Å². The van der Waals surface area contributed by atoms with E-state index in [2.05, 4.69) is 10.0 Å². The highest BCUT2D eigenvalue weighted by atomic mass is 35.5. The Hall–Kier alpha value is -2.09. The van der Waals surface area contributed by atoms with Crippen LogP contribution in [0.5, 0.6) is 5.75 Å². The van der Waals surface area contributed by atoms with E-state index in [0.717, 1.165) is 31.2 Å². The zero-order valence-electron chi connectivity index (χ0n) is 15.6. The number of halogens is 1. The summed E-state index contributed by atoms with van der Waals surface area (Å²) >= 11 is 5.85. The minimum Gasteiger partial charge on any atom is -0.495 e. The first-order chi connectivity index (χ1) is 13.4. The van der Waals surface area contributed by atoms with E-state index in [1.165, 1.54) is 19.2 Å². The molecule has 1 amide bonds. The Morgan fingerprint density at radius 3 is 2.46 bits per heavy atom. The van der Waals surface area contributed by atoms with Gasteiger partial charge >= 0.3 is 0 Å². The largest absolute Gasteiger partial charge is 0.495 e. The SMILES string of the molecule is COc1ccc(C(=O)NC2CCCC2)cc1S(=O)(=O)NCc1ccc(Cl)cc1. The Morgan fingerprint density at radius 1 is 1.14 bits per heavy atom. The van der Waals surface area contributed by atoms with Crippen LogP contribution in [0.15, 0.2) is 47.4 Å². The molecule has 1 aliphatic rings. The van der Waals surface area contributed by atoms with Gasteiger partial charge in [0, 0.05) is 23.2 Å². The van der Waals surface area contributed by atoms with Crippen LogP contribution in [-0.2, 0) is 16.6 Å². The Balaban J connectivity index is 1.79. The summed E-state index contributed by atoms with van der Waals surface area (Å²) in [6.07, 6.45) is 4.11. The molecule has 0 unspecified atom stereocenters. The van der Waals surface area contributed by atoms with Crippen molar-refractivity contribution in [3.05, 3.63) is 58.6 Å². The summed E-state index contributed by atoms with van der Waals surface area (Å²) in [4.78, 5) is 12.4. The number of nitrogens with one attached hydrogen (secondary N) is 2. The maximum absolute atomic E-state index is 12.8. The molecule has 1 saturated carbocycles. The third-order valence-corrected chi connectivity index (χ3v) is 6.46. The van der Waals surface area contributed by atoms with E-state index < -0.39 is 10.0 Å². The van der Waals surface area contributed by atoms with Crippen molar-refractivity contribution in [2.75, 3.05) is 7.11 Å². The predicted molar refractivity (Wildman–Crippen MR) is 108 cm³/mol. The van der Waals surface area contributed by atoms with Crippen LogP contribution in [0.2, 0.25) is 5.02 Å². The van der Waals surface area contributed by atoms with Crippen LogP contribution in [0.4, 0.5) is 0 Å². The lowest BCUT2D eigenvalue weighted by atomic mass is 10.1. The Kier molecular flexibility index (Phi) is 6.59. The fourth-order valence-electron chi connectivity index (χ4n) is 3.23. The van der Waals surface area contributed by atoms with Crippen molar-refractivity contribution < 1.29 is 17.9 Å². The monoisotopic (exact) mass is 422 g/mol. The summed E-state index contributed by atoms with van der Waals surface area (Å²) in [5, 5.41) is 3.54. The molecule has 1 fully saturated rings. The normalized spacial score (nSPS) is 14.8. The van der Waals surface area contributed by atoms with Gasteiger partial charge in [0.05, 0.1) is 7.11 Å². The Morgan fingerprint density at radius 2 is 1.82 bits per heavy atom. The predicted octanol–water partition coefficient (Wildman–Crippen LogP) is 3.50. The van der Waals surface area contributed by atoms with Gasteiger partial charge in [-0.15, -0.1) is 0 Å². The summed E-state index contributed by atoms with van der Waals surface area (Å²) in [7, 11) is -2.49. The molecule has 8 heteroatoms. The van der Waals surface area contributed by atoms with Gasteiger partial charge in [0.25, 0.3) is 5.91 Å². The molecule has 0 bridgehead atoms. The fraction of sp³-hybridized carbons (Fsp3) is 0.350. The molecule has 2 aromatic rings. The third kappa shape index (κ3) is 5.04. The van der Waals surface area contributed by atoms with Gasteiger partial charge in [-0.25, -0.2) is 13.1 Å². The van der Waals surface area contributed by atoms with Gasteiger partial charge in [-0.3, -0.25) is 4.79 Å². The molecule has 0 aromatic heterocycles. The number of rotatable bonds is 7. The second-order valence-electron chi connectivity index (χ2n) is 6.77. The van der Waals surface area contributed by atoms with Crippen molar-refractivity contribution in [3.63, 3.8) is 0 Å². The summed E-state index contributed by atoms with van der Waals surface area (Å²) in [6, 6.07) is 11.5. The van der Waals surface area contributed by atoms with Crippen LogP contribution >= 0.6 is 11.6 Å². The maximum atomic E-state index is 12.8. The number of hydrogen-bond donors (Lipinski definition) is 2. The lowest BCUT2D eigenvalue weighted by Gasteiger charge is -2.15. The van der Waals surface area contributed by atoms with Gasteiger partial charge in [-0.05, 0) is 48.7 Å². The van der Waals surface area contributed by atoms with Gasteiger partial charge in [0.1, 0.15) is 10.6 Å². The zero-order valence-corrected chi connectivity index (χ0v) is 17.1. The number of carbonyl (C=O) groups excluding carboxylic acids is 1. The molecule has 28 heavy (non-hydrogen) atoms. The van der Waals surface area contributed by atoms with Crippen molar-refractivity contribution in [2.45, 2.75) is 43.2 Å².